The molecule has 0 saturated carbocycles. The number of carbonyl (C=O) groups excluding carboxylic acids is 1. The Morgan fingerprint density at radius 3 is 2.70 bits per heavy atom. The Labute approximate surface area is 115 Å². The maximum Gasteiger partial charge on any atom is 0.274 e. The normalized spacial score (nSPS) is 9.45. The molecule has 0 aliphatic rings. The van der Waals surface area contributed by atoms with Gasteiger partial charge in [-0.05, 0) is 12.1 Å². The Balaban J connectivity index is 2.03. The van der Waals surface area contributed by atoms with E-state index >= 15 is 0 Å². The number of nitrogens with one attached hydrogen (secondary N) is 1. The van der Waals surface area contributed by atoms with Gasteiger partial charge in [0.25, 0.3) is 5.91 Å². The van der Waals surface area contributed by atoms with Crippen LogP contribution in [0.1, 0.15) is 22.5 Å². The van der Waals surface area contributed by atoms with E-state index in [2.05, 4.69) is 32.1 Å². The molecule has 2 heterocycles. The summed E-state index contributed by atoms with van der Waals surface area (Å²) in [6.07, 6.45) is 6.31. The number of amides is 1. The van der Waals surface area contributed by atoms with E-state index in [0.717, 1.165) is 0 Å². The van der Waals surface area contributed by atoms with Crippen LogP contribution in [0.3, 0.4) is 0 Å². The van der Waals surface area contributed by atoms with Crippen molar-refractivity contribution in [3.8, 4) is 11.8 Å². The fourth-order valence-electron chi connectivity index (χ4n) is 1.38. The number of nitrogens with zero attached hydrogens (tertiary/aromatic N) is 3. The number of aliphatic hydroxyl groups excluding tert-OH is 1. The summed E-state index contributed by atoms with van der Waals surface area (Å²) >= 11 is 0. The van der Waals surface area contributed by atoms with E-state index in [-0.39, 0.29) is 18.2 Å². The highest BCUT2D eigenvalue weighted by molar-refractivity contribution is 6.02. The molecule has 0 spiro atoms. The first-order valence-corrected chi connectivity index (χ1v) is 5.92. The first-order valence-electron chi connectivity index (χ1n) is 5.92. The lowest BCUT2D eigenvalue weighted by Gasteiger charge is -2.03. The van der Waals surface area contributed by atoms with Gasteiger partial charge in [0, 0.05) is 18.2 Å². The van der Waals surface area contributed by atoms with Gasteiger partial charge in [-0.3, -0.25) is 4.79 Å². The Kier molecular flexibility index (Phi) is 4.76. The molecule has 6 heteroatoms. The zero-order valence-corrected chi connectivity index (χ0v) is 10.6. The smallest absolute Gasteiger partial charge is 0.274 e. The van der Waals surface area contributed by atoms with Crippen LogP contribution in [0.25, 0.3) is 0 Å². The molecule has 2 aromatic heterocycles. The number of hydrogen-bond acceptors (Lipinski definition) is 5. The van der Waals surface area contributed by atoms with E-state index in [1.165, 1.54) is 24.9 Å². The van der Waals surface area contributed by atoms with E-state index in [9.17, 15) is 4.79 Å². The summed E-state index contributed by atoms with van der Waals surface area (Å²) in [5.74, 6) is 5.28. The second-order valence-corrected chi connectivity index (χ2v) is 3.79. The van der Waals surface area contributed by atoms with Crippen LogP contribution >= 0.6 is 0 Å². The van der Waals surface area contributed by atoms with Crippen molar-refractivity contribution in [3.63, 3.8) is 0 Å². The number of aliphatic hydroxyl groups is 1. The van der Waals surface area contributed by atoms with Gasteiger partial charge in [0.2, 0.25) is 0 Å². The number of aromatic nitrogens is 3. The molecule has 0 saturated heterocycles. The molecule has 100 valence electrons. The van der Waals surface area contributed by atoms with Crippen LogP contribution in [0.2, 0.25) is 0 Å². The minimum absolute atomic E-state index is 0.0278. The lowest BCUT2D eigenvalue weighted by Crippen LogP contribution is -2.13. The highest BCUT2D eigenvalue weighted by atomic mass is 16.2. The molecule has 0 aliphatic carbocycles. The van der Waals surface area contributed by atoms with Crippen LogP contribution in [0.5, 0.6) is 0 Å². The number of rotatable bonds is 3. The second-order valence-electron chi connectivity index (χ2n) is 3.79. The van der Waals surface area contributed by atoms with Gasteiger partial charge in [-0.2, -0.15) is 0 Å². The van der Waals surface area contributed by atoms with Crippen molar-refractivity contribution in [1.82, 2.24) is 15.0 Å². The van der Waals surface area contributed by atoms with Gasteiger partial charge in [-0.15, -0.1) is 0 Å². The van der Waals surface area contributed by atoms with Gasteiger partial charge in [-0.1, -0.05) is 11.8 Å². The molecule has 1 amide bonds. The third-order valence-corrected chi connectivity index (χ3v) is 2.28. The summed E-state index contributed by atoms with van der Waals surface area (Å²) in [4.78, 5) is 23.5. The minimum atomic E-state index is -0.338. The standard InChI is InChI=1S/C14H12N4O2/c19-6-2-1-3-11-4-5-13(17-7-11)14(20)18-12-8-15-10-16-9-12/h4-5,7-10,19H,2,6H2,(H,18,20). The molecule has 2 rings (SSSR count). The predicted octanol–water partition coefficient (Wildman–Crippen LogP) is 0.858. The first-order chi connectivity index (χ1) is 9.79. The molecule has 0 radical (unpaired) electrons. The Morgan fingerprint density at radius 1 is 1.25 bits per heavy atom. The number of hydrogen-bond donors (Lipinski definition) is 2. The second kappa shape index (κ2) is 6.97. The highest BCUT2D eigenvalue weighted by Gasteiger charge is 2.07. The summed E-state index contributed by atoms with van der Waals surface area (Å²) < 4.78 is 0. The zero-order chi connectivity index (χ0) is 14.2. The van der Waals surface area contributed by atoms with Crippen molar-refractivity contribution < 1.29 is 9.90 Å². The molecule has 0 fully saturated rings. The molecular formula is C14H12N4O2. The van der Waals surface area contributed by atoms with E-state index in [1.54, 1.807) is 12.1 Å². The van der Waals surface area contributed by atoms with Crippen LogP contribution in [-0.2, 0) is 0 Å². The largest absolute Gasteiger partial charge is 0.395 e. The zero-order valence-electron chi connectivity index (χ0n) is 10.6. The summed E-state index contributed by atoms with van der Waals surface area (Å²) in [7, 11) is 0. The quantitative estimate of drug-likeness (QED) is 0.806. The lowest BCUT2D eigenvalue weighted by molar-refractivity contribution is 0.102. The third kappa shape index (κ3) is 3.86. The fraction of sp³-hybridized carbons (Fsp3) is 0.143. The summed E-state index contributed by atoms with van der Waals surface area (Å²) in [5.41, 5.74) is 1.48. The van der Waals surface area contributed by atoms with Crippen molar-refractivity contribution >= 4 is 11.6 Å². The van der Waals surface area contributed by atoms with Gasteiger partial charge >= 0.3 is 0 Å². The lowest BCUT2D eigenvalue weighted by atomic mass is 10.2. The summed E-state index contributed by atoms with van der Waals surface area (Å²) in [6.45, 7) is 0.0278. The topological polar surface area (TPSA) is 88.0 Å². The maximum absolute atomic E-state index is 11.9. The van der Waals surface area contributed by atoms with Crippen molar-refractivity contribution in [3.05, 3.63) is 48.3 Å². The number of pyridine rings is 1. The van der Waals surface area contributed by atoms with E-state index in [4.69, 9.17) is 5.11 Å². The maximum atomic E-state index is 11.9. The molecule has 2 aromatic rings. The van der Waals surface area contributed by atoms with Gasteiger partial charge in [0.05, 0.1) is 24.7 Å². The van der Waals surface area contributed by atoms with E-state index in [0.29, 0.717) is 17.7 Å². The van der Waals surface area contributed by atoms with Crippen LogP contribution in [0.15, 0.2) is 37.1 Å². The van der Waals surface area contributed by atoms with E-state index < -0.39 is 0 Å². The predicted molar refractivity (Wildman–Crippen MR) is 72.8 cm³/mol. The first kappa shape index (κ1) is 13.6. The monoisotopic (exact) mass is 268 g/mol. The molecule has 0 bridgehead atoms. The highest BCUT2D eigenvalue weighted by Crippen LogP contribution is 2.05. The molecule has 6 nitrogen and oxygen atoms in total. The van der Waals surface area contributed by atoms with Crippen LogP contribution < -0.4 is 5.32 Å². The fourth-order valence-corrected chi connectivity index (χ4v) is 1.38. The molecule has 0 atom stereocenters. The average Bonchev–Trinajstić information content (AvgIpc) is 2.49. The minimum Gasteiger partial charge on any atom is -0.395 e. The van der Waals surface area contributed by atoms with Gasteiger partial charge in [0.15, 0.2) is 0 Å². The Hall–Kier alpha value is -2.78. The van der Waals surface area contributed by atoms with Gasteiger partial charge < -0.3 is 10.4 Å². The molecule has 2 N–H and O–H groups in total. The van der Waals surface area contributed by atoms with Crippen LogP contribution in [0.4, 0.5) is 5.69 Å². The van der Waals surface area contributed by atoms with Gasteiger partial charge in [-0.25, -0.2) is 15.0 Å². The number of anilines is 1. The third-order valence-electron chi connectivity index (χ3n) is 2.28. The molecular weight excluding hydrogens is 256 g/mol. The van der Waals surface area contributed by atoms with Crippen molar-refractivity contribution in [1.29, 1.82) is 0 Å². The summed E-state index contributed by atoms with van der Waals surface area (Å²) in [5, 5.41) is 11.3. The van der Waals surface area contributed by atoms with Crippen molar-refractivity contribution in [2.24, 2.45) is 0 Å². The van der Waals surface area contributed by atoms with Crippen LogP contribution in [-0.4, -0.2) is 32.6 Å². The molecule has 0 aliphatic heterocycles. The molecule has 20 heavy (non-hydrogen) atoms. The van der Waals surface area contributed by atoms with Crippen molar-refractivity contribution in [2.75, 3.05) is 11.9 Å². The molecule has 0 unspecified atom stereocenters. The van der Waals surface area contributed by atoms with Gasteiger partial charge in [0.1, 0.15) is 12.0 Å². The average molecular weight is 268 g/mol. The molecule has 0 aromatic carbocycles. The number of carbonyl (C=O) groups is 1. The Morgan fingerprint density at radius 2 is 2.05 bits per heavy atom. The summed E-state index contributed by atoms with van der Waals surface area (Å²) in [6, 6.07) is 3.29. The van der Waals surface area contributed by atoms with Crippen LogP contribution in [0, 0.1) is 11.8 Å². The Bertz CT molecular complexity index is 630. The van der Waals surface area contributed by atoms with Crippen molar-refractivity contribution in [2.45, 2.75) is 6.42 Å². The van der Waals surface area contributed by atoms with E-state index in [1.807, 2.05) is 0 Å². The SMILES string of the molecule is O=C(Nc1cncnc1)c1ccc(C#CCCO)cn1.